The van der Waals surface area contributed by atoms with Crippen molar-refractivity contribution in [2.45, 2.75) is 53.2 Å². The smallest absolute Gasteiger partial charge is 0.277 e. The van der Waals surface area contributed by atoms with Gasteiger partial charge in [0.2, 0.25) is 0 Å². The van der Waals surface area contributed by atoms with E-state index in [4.69, 9.17) is 0 Å². The summed E-state index contributed by atoms with van der Waals surface area (Å²) in [5.41, 5.74) is 3.52. The zero-order valence-electron chi connectivity index (χ0n) is 15.2. The maximum Gasteiger partial charge on any atom is 0.277 e. The van der Waals surface area contributed by atoms with Crippen LogP contribution in [0.15, 0.2) is 29.3 Å². The summed E-state index contributed by atoms with van der Waals surface area (Å²) < 4.78 is 1.73. The fourth-order valence-electron chi connectivity index (χ4n) is 3.67. The molecular formula is C19H27N4O+. The van der Waals surface area contributed by atoms with Crippen LogP contribution in [0.4, 0.5) is 0 Å². The average Bonchev–Trinajstić information content (AvgIpc) is 2.89. The molecule has 1 aromatic carbocycles. The van der Waals surface area contributed by atoms with E-state index >= 15 is 0 Å². The highest BCUT2D eigenvalue weighted by Gasteiger charge is 2.18. The monoisotopic (exact) mass is 327 g/mol. The summed E-state index contributed by atoms with van der Waals surface area (Å²) in [7, 11) is 0. The summed E-state index contributed by atoms with van der Waals surface area (Å²) in [5.74, 6) is 0. The first-order chi connectivity index (χ1) is 11.4. The number of hydrogen-bond donors (Lipinski definition) is 2. The van der Waals surface area contributed by atoms with Gasteiger partial charge < -0.3 is 9.88 Å². The molecule has 3 aromatic rings. The Morgan fingerprint density at radius 2 is 1.92 bits per heavy atom. The molecule has 0 radical (unpaired) electrons. The lowest BCUT2D eigenvalue weighted by atomic mass is 10.1. The number of aryl methyl sites for hydroxylation is 1. The molecule has 5 heteroatoms. The van der Waals surface area contributed by atoms with E-state index in [-0.39, 0.29) is 5.56 Å². The van der Waals surface area contributed by atoms with Crippen molar-refractivity contribution >= 4 is 21.9 Å². The predicted molar refractivity (Wildman–Crippen MR) is 98.7 cm³/mol. The number of rotatable bonds is 5. The first-order valence-electron chi connectivity index (χ1n) is 8.72. The summed E-state index contributed by atoms with van der Waals surface area (Å²) in [6.45, 7) is 12.5. The topological polar surface area (TPSA) is 55.1 Å². The normalized spacial score (nSPS) is 12.3. The van der Waals surface area contributed by atoms with E-state index in [2.05, 4.69) is 50.7 Å². The van der Waals surface area contributed by atoms with Gasteiger partial charge in [-0.05, 0) is 46.2 Å². The highest BCUT2D eigenvalue weighted by atomic mass is 16.1. The van der Waals surface area contributed by atoms with E-state index in [1.54, 1.807) is 10.9 Å². The van der Waals surface area contributed by atoms with Gasteiger partial charge in [-0.15, -0.1) is 0 Å². The van der Waals surface area contributed by atoms with Gasteiger partial charge in [-0.25, -0.2) is 4.98 Å². The van der Waals surface area contributed by atoms with Crippen LogP contribution in [0.2, 0.25) is 0 Å². The van der Waals surface area contributed by atoms with Crippen molar-refractivity contribution < 1.29 is 4.90 Å². The predicted octanol–water partition coefficient (Wildman–Crippen LogP) is 1.89. The molecule has 0 aliphatic rings. The molecular weight excluding hydrogens is 300 g/mol. The molecule has 0 aliphatic heterocycles. The number of H-pyrrole nitrogens is 1. The Morgan fingerprint density at radius 3 is 2.58 bits per heavy atom. The summed E-state index contributed by atoms with van der Waals surface area (Å²) in [4.78, 5) is 22.2. The average molecular weight is 327 g/mol. The number of quaternary nitrogens is 1. The molecule has 0 aliphatic carbocycles. The van der Waals surface area contributed by atoms with E-state index in [0.717, 1.165) is 28.5 Å². The van der Waals surface area contributed by atoms with Crippen LogP contribution in [-0.2, 0) is 6.54 Å². The van der Waals surface area contributed by atoms with E-state index in [9.17, 15) is 4.79 Å². The van der Waals surface area contributed by atoms with Gasteiger partial charge in [-0.2, -0.15) is 0 Å². The zero-order chi connectivity index (χ0) is 17.4. The Bertz CT molecular complexity index is 912. The number of aromatic nitrogens is 3. The van der Waals surface area contributed by atoms with Gasteiger partial charge in [0.05, 0.1) is 31.5 Å². The molecule has 128 valence electrons. The molecule has 0 spiro atoms. The van der Waals surface area contributed by atoms with Gasteiger partial charge >= 0.3 is 0 Å². The van der Waals surface area contributed by atoms with Gasteiger partial charge in [0.15, 0.2) is 0 Å². The highest BCUT2D eigenvalue weighted by molar-refractivity contribution is 6.06. The number of aromatic amines is 1. The van der Waals surface area contributed by atoms with Crippen molar-refractivity contribution in [3.63, 3.8) is 0 Å². The number of benzene rings is 1. The molecule has 0 saturated heterocycles. The van der Waals surface area contributed by atoms with Crippen LogP contribution in [0, 0.1) is 6.92 Å². The number of nitrogens with one attached hydrogen (secondary N) is 2. The first-order valence-corrected chi connectivity index (χ1v) is 8.72. The minimum Gasteiger partial charge on any atom is -0.349 e. The van der Waals surface area contributed by atoms with E-state index < -0.39 is 0 Å². The van der Waals surface area contributed by atoms with Gasteiger partial charge in [-0.3, -0.25) is 9.36 Å². The molecule has 0 bridgehead atoms. The Morgan fingerprint density at radius 1 is 1.21 bits per heavy atom. The third-order valence-electron chi connectivity index (χ3n) is 4.93. The summed E-state index contributed by atoms with van der Waals surface area (Å²) in [6, 6.07) is 7.12. The van der Waals surface area contributed by atoms with Crippen LogP contribution in [0.5, 0.6) is 0 Å². The molecule has 5 nitrogen and oxygen atoms in total. The van der Waals surface area contributed by atoms with Gasteiger partial charge in [0.1, 0.15) is 11.0 Å². The second-order valence-electron chi connectivity index (χ2n) is 7.22. The molecule has 2 aromatic heterocycles. The molecule has 2 N–H and O–H groups in total. The van der Waals surface area contributed by atoms with Crippen molar-refractivity contribution in [2.75, 3.05) is 6.54 Å². The van der Waals surface area contributed by atoms with Crippen molar-refractivity contribution in [1.29, 1.82) is 0 Å². The Balaban J connectivity index is 1.99. The fourth-order valence-corrected chi connectivity index (χ4v) is 3.67. The van der Waals surface area contributed by atoms with E-state index in [0.29, 0.717) is 24.1 Å². The van der Waals surface area contributed by atoms with Crippen molar-refractivity contribution in [3.05, 3.63) is 40.4 Å². The van der Waals surface area contributed by atoms with Crippen LogP contribution in [-0.4, -0.2) is 33.2 Å². The van der Waals surface area contributed by atoms with Crippen molar-refractivity contribution in [2.24, 2.45) is 0 Å². The lowest BCUT2D eigenvalue weighted by Crippen LogP contribution is -3.18. The van der Waals surface area contributed by atoms with Crippen LogP contribution >= 0.6 is 0 Å². The summed E-state index contributed by atoms with van der Waals surface area (Å²) in [5, 5.41) is 1.05. The van der Waals surface area contributed by atoms with E-state index in [1.807, 2.05) is 12.1 Å². The van der Waals surface area contributed by atoms with Crippen LogP contribution < -0.4 is 10.5 Å². The van der Waals surface area contributed by atoms with Crippen molar-refractivity contribution in [3.8, 4) is 0 Å². The van der Waals surface area contributed by atoms with Crippen LogP contribution in [0.25, 0.3) is 21.9 Å². The number of nitrogens with zero attached hydrogens (tertiary/aromatic N) is 2. The maximum atomic E-state index is 12.8. The molecule has 3 rings (SSSR count). The largest absolute Gasteiger partial charge is 0.349 e. The highest BCUT2D eigenvalue weighted by Crippen LogP contribution is 2.24. The standard InChI is InChI=1S/C19H26N4O/c1-12(2)23(13(3)4)10-9-22-11-20-17-16-14(5)7-6-8-15(16)21-18(17)19(22)24/h6-8,11-13,21H,9-10H2,1-5H3/p+1. The molecule has 0 saturated carbocycles. The van der Waals surface area contributed by atoms with Gasteiger partial charge in [0, 0.05) is 10.9 Å². The minimum absolute atomic E-state index is 0.0162. The Labute approximate surface area is 142 Å². The lowest BCUT2D eigenvalue weighted by Gasteiger charge is -2.27. The zero-order valence-corrected chi connectivity index (χ0v) is 15.2. The minimum atomic E-state index is 0.0162. The Kier molecular flexibility index (Phi) is 4.45. The van der Waals surface area contributed by atoms with E-state index in [1.165, 1.54) is 4.90 Å². The quantitative estimate of drug-likeness (QED) is 0.752. The third-order valence-corrected chi connectivity index (χ3v) is 4.93. The molecule has 0 amide bonds. The molecule has 0 atom stereocenters. The molecule has 0 unspecified atom stereocenters. The Hall–Kier alpha value is -2.14. The van der Waals surface area contributed by atoms with Crippen LogP contribution in [0.1, 0.15) is 33.3 Å². The van der Waals surface area contributed by atoms with Crippen LogP contribution in [0.3, 0.4) is 0 Å². The number of fused-ring (bicyclic) bond motifs is 3. The lowest BCUT2D eigenvalue weighted by molar-refractivity contribution is -0.942. The molecule has 24 heavy (non-hydrogen) atoms. The van der Waals surface area contributed by atoms with Gasteiger partial charge in [-0.1, -0.05) is 12.1 Å². The van der Waals surface area contributed by atoms with Crippen molar-refractivity contribution in [1.82, 2.24) is 14.5 Å². The molecule has 0 fully saturated rings. The second-order valence-corrected chi connectivity index (χ2v) is 7.22. The fraction of sp³-hybridized carbons (Fsp3) is 0.474. The third kappa shape index (κ3) is 2.84. The summed E-state index contributed by atoms with van der Waals surface area (Å²) in [6.07, 6.45) is 1.70. The first kappa shape index (κ1) is 16.7. The summed E-state index contributed by atoms with van der Waals surface area (Å²) >= 11 is 0. The second kappa shape index (κ2) is 6.40. The molecule has 2 heterocycles. The number of hydrogen-bond acceptors (Lipinski definition) is 2. The van der Waals surface area contributed by atoms with Gasteiger partial charge in [0.25, 0.3) is 5.56 Å². The maximum absolute atomic E-state index is 12.8. The SMILES string of the molecule is Cc1cccc2[nH]c3c(=O)n(CC[NH+](C(C)C)C(C)C)cnc3c12.